The van der Waals surface area contributed by atoms with Crippen molar-refractivity contribution < 1.29 is 0 Å². The fourth-order valence-electron chi connectivity index (χ4n) is 1.58. The molecule has 3 heterocycles. The Hall–Kier alpha value is -2.59. The van der Waals surface area contributed by atoms with E-state index in [1.54, 1.807) is 23.3 Å². The first-order valence-electron chi connectivity index (χ1n) is 5.06. The van der Waals surface area contributed by atoms with Gasteiger partial charge in [-0.3, -0.25) is 4.98 Å². The second-order valence-corrected chi connectivity index (χ2v) is 4.23. The first-order valence-corrected chi connectivity index (χ1v) is 5.94. The van der Waals surface area contributed by atoms with Crippen LogP contribution in [0.2, 0.25) is 0 Å². The molecule has 0 saturated heterocycles. The molecule has 0 aliphatic heterocycles. The Labute approximate surface area is 106 Å². The molecular formula is C11H6N6S. The molecule has 0 amide bonds. The Kier molecular flexibility index (Phi) is 2.55. The van der Waals surface area contributed by atoms with Crippen LogP contribution >= 0.6 is 11.3 Å². The van der Waals surface area contributed by atoms with Crippen LogP contribution in [0, 0.1) is 11.3 Å². The van der Waals surface area contributed by atoms with Crippen molar-refractivity contribution in [3.63, 3.8) is 0 Å². The molecular weight excluding hydrogens is 248 g/mol. The third kappa shape index (κ3) is 1.65. The molecule has 0 bridgehead atoms. The molecule has 0 unspecified atom stereocenters. The normalized spacial score (nSPS) is 10.2. The summed E-state index contributed by atoms with van der Waals surface area (Å²) in [7, 11) is 0. The Morgan fingerprint density at radius 2 is 2.06 bits per heavy atom. The lowest BCUT2D eigenvalue weighted by molar-refractivity contribution is 0.800. The zero-order valence-electron chi connectivity index (χ0n) is 9.06. The van der Waals surface area contributed by atoms with Crippen molar-refractivity contribution in [2.75, 3.05) is 0 Å². The molecule has 0 aliphatic carbocycles. The molecule has 0 N–H and O–H groups in total. The number of hydrogen-bond donors (Lipinski definition) is 0. The number of hydrogen-bond acceptors (Lipinski definition) is 6. The van der Waals surface area contributed by atoms with Crippen LogP contribution in [0.5, 0.6) is 0 Å². The van der Waals surface area contributed by atoms with Gasteiger partial charge in [-0.15, -0.1) is 16.4 Å². The van der Waals surface area contributed by atoms with Gasteiger partial charge in [0.15, 0.2) is 5.69 Å². The molecule has 0 saturated carbocycles. The fourth-order valence-corrected chi connectivity index (χ4v) is 2.17. The van der Waals surface area contributed by atoms with Crippen LogP contribution < -0.4 is 0 Å². The number of nitriles is 1. The minimum Gasteiger partial charge on any atom is -0.265 e. The third-order valence-corrected chi connectivity index (χ3v) is 3.08. The Bertz CT molecular complexity index is 695. The maximum absolute atomic E-state index is 9.09. The summed E-state index contributed by atoms with van der Waals surface area (Å²) in [6.07, 6.45) is 5.01. The average Bonchev–Trinajstić information content (AvgIpc) is 3.08. The van der Waals surface area contributed by atoms with E-state index in [9.17, 15) is 0 Å². The number of nitrogens with zero attached hydrogens (tertiary/aromatic N) is 6. The van der Waals surface area contributed by atoms with Gasteiger partial charge in [-0.1, -0.05) is 5.21 Å². The van der Waals surface area contributed by atoms with Gasteiger partial charge in [-0.2, -0.15) is 9.94 Å². The minimum atomic E-state index is 0.274. The summed E-state index contributed by atoms with van der Waals surface area (Å²) < 4.78 is 1.57. The third-order valence-electron chi connectivity index (χ3n) is 2.33. The molecule has 0 spiro atoms. The zero-order chi connectivity index (χ0) is 12.4. The lowest BCUT2D eigenvalue weighted by Crippen LogP contribution is -1.99. The van der Waals surface area contributed by atoms with E-state index in [0.717, 1.165) is 5.56 Å². The van der Waals surface area contributed by atoms with Crippen molar-refractivity contribution in [2.24, 2.45) is 0 Å². The van der Waals surface area contributed by atoms with Gasteiger partial charge in [-0.25, -0.2) is 4.98 Å². The topological polar surface area (TPSA) is 80.3 Å². The van der Waals surface area contributed by atoms with Crippen LogP contribution in [-0.4, -0.2) is 25.0 Å². The van der Waals surface area contributed by atoms with Crippen molar-refractivity contribution in [3.8, 4) is 22.5 Å². The quantitative estimate of drug-likeness (QED) is 0.694. The molecule has 86 valence electrons. The van der Waals surface area contributed by atoms with Gasteiger partial charge in [0.1, 0.15) is 11.8 Å². The van der Waals surface area contributed by atoms with E-state index in [4.69, 9.17) is 5.26 Å². The Morgan fingerprint density at radius 3 is 2.72 bits per heavy atom. The number of thiazole rings is 1. The minimum absolute atomic E-state index is 0.274. The smallest absolute Gasteiger partial charge is 0.212 e. The summed E-state index contributed by atoms with van der Waals surface area (Å²) in [5.74, 6) is 0. The maximum Gasteiger partial charge on any atom is 0.212 e. The van der Waals surface area contributed by atoms with Crippen LogP contribution in [0.15, 0.2) is 36.1 Å². The van der Waals surface area contributed by atoms with Crippen LogP contribution in [0.1, 0.15) is 5.69 Å². The predicted octanol–water partition coefficient (Wildman–Crippen LogP) is 1.66. The zero-order valence-corrected chi connectivity index (χ0v) is 9.87. The van der Waals surface area contributed by atoms with Gasteiger partial charge in [-0.05, 0) is 12.1 Å². The highest BCUT2D eigenvalue weighted by atomic mass is 32.1. The Morgan fingerprint density at radius 1 is 1.22 bits per heavy atom. The summed E-state index contributed by atoms with van der Waals surface area (Å²) >= 11 is 1.43. The first kappa shape index (κ1) is 10.6. The predicted molar refractivity (Wildman–Crippen MR) is 65.0 cm³/mol. The average molecular weight is 254 g/mol. The number of aromatic nitrogens is 5. The van der Waals surface area contributed by atoms with E-state index in [0.29, 0.717) is 10.8 Å². The van der Waals surface area contributed by atoms with Crippen LogP contribution in [0.3, 0.4) is 0 Å². The van der Waals surface area contributed by atoms with Crippen LogP contribution in [0.4, 0.5) is 0 Å². The molecule has 3 rings (SSSR count). The summed E-state index contributed by atoms with van der Waals surface area (Å²) in [6, 6.07) is 5.66. The molecule has 0 aliphatic rings. The monoisotopic (exact) mass is 254 g/mol. The highest BCUT2D eigenvalue weighted by Crippen LogP contribution is 2.24. The number of pyridine rings is 1. The van der Waals surface area contributed by atoms with Gasteiger partial charge >= 0.3 is 0 Å². The van der Waals surface area contributed by atoms with Gasteiger partial charge in [0, 0.05) is 29.5 Å². The van der Waals surface area contributed by atoms with E-state index < -0.39 is 0 Å². The maximum atomic E-state index is 9.09. The summed E-state index contributed by atoms with van der Waals surface area (Å²) in [6.45, 7) is 0. The van der Waals surface area contributed by atoms with Gasteiger partial charge < -0.3 is 0 Å². The van der Waals surface area contributed by atoms with Gasteiger partial charge in [0.25, 0.3) is 0 Å². The molecule has 0 atom stereocenters. The molecule has 0 radical (unpaired) electrons. The largest absolute Gasteiger partial charge is 0.265 e. The summed E-state index contributed by atoms with van der Waals surface area (Å²) in [5.41, 5.74) is 1.74. The molecule has 0 aromatic carbocycles. The van der Waals surface area contributed by atoms with E-state index in [2.05, 4.69) is 20.3 Å². The van der Waals surface area contributed by atoms with Gasteiger partial charge in [0.2, 0.25) is 5.13 Å². The van der Waals surface area contributed by atoms with E-state index in [1.807, 2.05) is 23.6 Å². The summed E-state index contributed by atoms with van der Waals surface area (Å²) in [4.78, 5) is 8.13. The highest BCUT2D eigenvalue weighted by molar-refractivity contribution is 7.12. The second kappa shape index (κ2) is 4.35. The molecule has 3 aromatic heterocycles. The molecule has 0 fully saturated rings. The SMILES string of the molecule is N#Cc1nnn(-c2nccs2)c1-c1ccncc1. The summed E-state index contributed by atoms with van der Waals surface area (Å²) in [5, 5.41) is 19.5. The lowest BCUT2D eigenvalue weighted by Gasteiger charge is -2.02. The fraction of sp³-hybridized carbons (Fsp3) is 0. The van der Waals surface area contributed by atoms with Crippen molar-refractivity contribution >= 4 is 11.3 Å². The first-order chi connectivity index (χ1) is 8.90. The van der Waals surface area contributed by atoms with Crippen LogP contribution in [0.25, 0.3) is 16.4 Å². The van der Waals surface area contributed by atoms with E-state index in [1.165, 1.54) is 11.3 Å². The Balaban J connectivity index is 2.25. The molecule has 18 heavy (non-hydrogen) atoms. The van der Waals surface area contributed by atoms with Crippen molar-refractivity contribution in [1.82, 2.24) is 25.0 Å². The highest BCUT2D eigenvalue weighted by Gasteiger charge is 2.17. The van der Waals surface area contributed by atoms with E-state index >= 15 is 0 Å². The van der Waals surface area contributed by atoms with Crippen molar-refractivity contribution in [3.05, 3.63) is 41.8 Å². The van der Waals surface area contributed by atoms with Gasteiger partial charge in [0.05, 0.1) is 0 Å². The lowest BCUT2D eigenvalue weighted by atomic mass is 10.1. The van der Waals surface area contributed by atoms with E-state index in [-0.39, 0.29) is 5.69 Å². The molecule has 7 heteroatoms. The standard InChI is InChI=1S/C11H6N6S/c12-7-9-10(8-1-3-13-4-2-8)17(16-15-9)11-14-5-6-18-11/h1-6H. The van der Waals surface area contributed by atoms with Crippen LogP contribution in [-0.2, 0) is 0 Å². The molecule has 3 aromatic rings. The van der Waals surface area contributed by atoms with Crippen molar-refractivity contribution in [1.29, 1.82) is 5.26 Å². The second-order valence-electron chi connectivity index (χ2n) is 3.36. The number of rotatable bonds is 2. The van der Waals surface area contributed by atoms with Crippen molar-refractivity contribution in [2.45, 2.75) is 0 Å². The molecule has 6 nitrogen and oxygen atoms in total.